The Labute approximate surface area is 114 Å². The minimum Gasteiger partial charge on any atom is -0.490 e. The quantitative estimate of drug-likeness (QED) is 0.737. The molecule has 2 N–H and O–H groups in total. The number of benzene rings is 1. The zero-order chi connectivity index (χ0) is 13.4. The fraction of sp³-hybridized carbons (Fsp3) is 0.571. The Morgan fingerprint density at radius 3 is 2.22 bits per heavy atom. The lowest BCUT2D eigenvalue weighted by molar-refractivity contribution is 0.287. The normalized spacial score (nSPS) is 10.4. The molecule has 0 aliphatic rings. The fourth-order valence-electron chi connectivity index (χ4n) is 1.77. The SMILES string of the molecule is CCOc1cc(Cl)c(CCCCN)cc1OCC. The summed E-state index contributed by atoms with van der Waals surface area (Å²) in [6.45, 7) is 5.83. The molecular formula is C14H22ClNO2. The summed E-state index contributed by atoms with van der Waals surface area (Å²) in [6.07, 6.45) is 2.96. The van der Waals surface area contributed by atoms with Crippen LogP contribution in [0.4, 0.5) is 0 Å². The van der Waals surface area contributed by atoms with E-state index in [1.165, 1.54) is 0 Å². The minimum absolute atomic E-state index is 0.600. The standard InChI is InChI=1S/C14H22ClNO2/c1-3-17-13-9-11(7-5-6-8-16)12(15)10-14(13)18-4-2/h9-10H,3-8,16H2,1-2H3. The second kappa shape index (κ2) is 8.22. The maximum absolute atomic E-state index is 6.25. The highest BCUT2D eigenvalue weighted by molar-refractivity contribution is 6.31. The Bertz CT molecular complexity index is 369. The van der Waals surface area contributed by atoms with Gasteiger partial charge in [-0.15, -0.1) is 0 Å². The summed E-state index contributed by atoms with van der Waals surface area (Å²) in [5.41, 5.74) is 6.59. The van der Waals surface area contributed by atoms with Gasteiger partial charge in [0.25, 0.3) is 0 Å². The number of halogens is 1. The fourth-order valence-corrected chi connectivity index (χ4v) is 2.01. The smallest absolute Gasteiger partial charge is 0.162 e. The van der Waals surface area contributed by atoms with Crippen LogP contribution in [0.5, 0.6) is 11.5 Å². The number of hydrogen-bond donors (Lipinski definition) is 1. The molecule has 0 fully saturated rings. The van der Waals surface area contributed by atoms with E-state index in [4.69, 9.17) is 26.8 Å². The van der Waals surface area contributed by atoms with Crippen molar-refractivity contribution in [3.05, 3.63) is 22.7 Å². The summed E-state index contributed by atoms with van der Waals surface area (Å²) in [5, 5.41) is 0.735. The highest BCUT2D eigenvalue weighted by Crippen LogP contribution is 2.34. The molecule has 18 heavy (non-hydrogen) atoms. The van der Waals surface area contributed by atoms with Gasteiger partial charge in [0.2, 0.25) is 0 Å². The van der Waals surface area contributed by atoms with Gasteiger partial charge in [-0.3, -0.25) is 0 Å². The van der Waals surface area contributed by atoms with Gasteiger partial charge in [-0.2, -0.15) is 0 Å². The molecule has 0 aliphatic heterocycles. The van der Waals surface area contributed by atoms with Gasteiger partial charge in [0.05, 0.1) is 13.2 Å². The van der Waals surface area contributed by atoms with Gasteiger partial charge in [-0.1, -0.05) is 11.6 Å². The molecule has 4 heteroatoms. The maximum atomic E-state index is 6.25. The Balaban J connectivity index is 2.87. The first kappa shape index (κ1) is 15.1. The second-order valence-electron chi connectivity index (χ2n) is 4.00. The van der Waals surface area contributed by atoms with Crippen molar-refractivity contribution in [2.24, 2.45) is 5.73 Å². The molecule has 0 radical (unpaired) electrons. The van der Waals surface area contributed by atoms with E-state index in [0.717, 1.165) is 35.6 Å². The van der Waals surface area contributed by atoms with Crippen molar-refractivity contribution < 1.29 is 9.47 Å². The first-order valence-electron chi connectivity index (χ1n) is 6.51. The Morgan fingerprint density at radius 1 is 1.06 bits per heavy atom. The van der Waals surface area contributed by atoms with Crippen LogP contribution in [0.15, 0.2) is 12.1 Å². The van der Waals surface area contributed by atoms with Crippen LogP contribution < -0.4 is 15.2 Å². The molecule has 3 nitrogen and oxygen atoms in total. The van der Waals surface area contributed by atoms with Gasteiger partial charge in [-0.05, 0) is 51.3 Å². The van der Waals surface area contributed by atoms with Crippen LogP contribution in [0, 0.1) is 0 Å². The van der Waals surface area contributed by atoms with Crippen LogP contribution in [-0.2, 0) is 6.42 Å². The third-order valence-electron chi connectivity index (χ3n) is 2.61. The molecule has 0 saturated carbocycles. The molecule has 0 saturated heterocycles. The molecule has 1 aromatic carbocycles. The van der Waals surface area contributed by atoms with Crippen LogP contribution >= 0.6 is 11.6 Å². The lowest BCUT2D eigenvalue weighted by Gasteiger charge is -2.14. The predicted molar refractivity (Wildman–Crippen MR) is 75.8 cm³/mol. The van der Waals surface area contributed by atoms with E-state index in [1.54, 1.807) is 0 Å². The average Bonchev–Trinajstić information content (AvgIpc) is 2.35. The molecule has 0 heterocycles. The lowest BCUT2D eigenvalue weighted by Crippen LogP contribution is -2.01. The van der Waals surface area contributed by atoms with Crippen molar-refractivity contribution in [1.29, 1.82) is 0 Å². The van der Waals surface area contributed by atoms with Gasteiger partial charge >= 0.3 is 0 Å². The van der Waals surface area contributed by atoms with Gasteiger partial charge in [-0.25, -0.2) is 0 Å². The number of aryl methyl sites for hydroxylation is 1. The van der Waals surface area contributed by atoms with E-state index in [0.29, 0.717) is 25.5 Å². The van der Waals surface area contributed by atoms with Crippen LogP contribution in [0.25, 0.3) is 0 Å². The van der Waals surface area contributed by atoms with Crippen molar-refractivity contribution in [1.82, 2.24) is 0 Å². The Hall–Kier alpha value is -0.930. The van der Waals surface area contributed by atoms with Gasteiger partial charge in [0.15, 0.2) is 11.5 Å². The molecule has 1 rings (SSSR count). The summed E-state index contributed by atoms with van der Waals surface area (Å²) < 4.78 is 11.1. The molecule has 0 unspecified atom stereocenters. The molecule has 0 atom stereocenters. The van der Waals surface area contributed by atoms with Crippen molar-refractivity contribution in [3.8, 4) is 11.5 Å². The Morgan fingerprint density at radius 2 is 1.67 bits per heavy atom. The number of ether oxygens (including phenoxy) is 2. The maximum Gasteiger partial charge on any atom is 0.162 e. The topological polar surface area (TPSA) is 44.5 Å². The number of rotatable bonds is 8. The van der Waals surface area contributed by atoms with Crippen LogP contribution in [0.2, 0.25) is 5.02 Å². The third-order valence-corrected chi connectivity index (χ3v) is 2.96. The molecule has 0 spiro atoms. The van der Waals surface area contributed by atoms with Crippen LogP contribution in [-0.4, -0.2) is 19.8 Å². The first-order valence-corrected chi connectivity index (χ1v) is 6.88. The molecule has 0 amide bonds. The van der Waals surface area contributed by atoms with Crippen LogP contribution in [0.3, 0.4) is 0 Å². The van der Waals surface area contributed by atoms with Crippen LogP contribution in [0.1, 0.15) is 32.3 Å². The number of hydrogen-bond acceptors (Lipinski definition) is 3. The highest BCUT2D eigenvalue weighted by Gasteiger charge is 2.10. The summed E-state index contributed by atoms with van der Waals surface area (Å²) in [4.78, 5) is 0. The first-order chi connectivity index (χ1) is 8.72. The summed E-state index contributed by atoms with van der Waals surface area (Å²) >= 11 is 6.25. The molecular weight excluding hydrogens is 250 g/mol. The van der Waals surface area contributed by atoms with Crippen molar-refractivity contribution >= 4 is 11.6 Å². The monoisotopic (exact) mass is 271 g/mol. The molecule has 0 aliphatic carbocycles. The van der Waals surface area contributed by atoms with Gasteiger partial charge in [0.1, 0.15) is 0 Å². The largest absolute Gasteiger partial charge is 0.490 e. The zero-order valence-electron chi connectivity index (χ0n) is 11.2. The third kappa shape index (κ3) is 4.39. The van der Waals surface area contributed by atoms with Gasteiger partial charge < -0.3 is 15.2 Å². The molecule has 0 aromatic heterocycles. The van der Waals surface area contributed by atoms with E-state index in [9.17, 15) is 0 Å². The van der Waals surface area contributed by atoms with E-state index in [-0.39, 0.29) is 0 Å². The number of nitrogens with two attached hydrogens (primary N) is 1. The summed E-state index contributed by atoms with van der Waals surface area (Å²) in [5.74, 6) is 1.48. The molecule has 0 bridgehead atoms. The predicted octanol–water partition coefficient (Wildman–Crippen LogP) is 3.42. The van der Waals surface area contributed by atoms with E-state index < -0.39 is 0 Å². The minimum atomic E-state index is 0.600. The molecule has 102 valence electrons. The molecule has 1 aromatic rings. The zero-order valence-corrected chi connectivity index (χ0v) is 11.9. The number of unbranched alkanes of at least 4 members (excludes halogenated alkanes) is 1. The van der Waals surface area contributed by atoms with E-state index >= 15 is 0 Å². The Kier molecular flexibility index (Phi) is 6.91. The summed E-state index contributed by atoms with van der Waals surface area (Å²) in [6, 6.07) is 3.82. The average molecular weight is 272 g/mol. The van der Waals surface area contributed by atoms with Gasteiger partial charge in [0, 0.05) is 11.1 Å². The van der Waals surface area contributed by atoms with E-state index in [2.05, 4.69) is 0 Å². The van der Waals surface area contributed by atoms with Crippen molar-refractivity contribution in [2.75, 3.05) is 19.8 Å². The highest BCUT2D eigenvalue weighted by atomic mass is 35.5. The summed E-state index contributed by atoms with van der Waals surface area (Å²) in [7, 11) is 0. The lowest BCUT2D eigenvalue weighted by atomic mass is 10.1. The van der Waals surface area contributed by atoms with E-state index in [1.807, 2.05) is 26.0 Å². The van der Waals surface area contributed by atoms with Crippen molar-refractivity contribution in [2.45, 2.75) is 33.1 Å². The van der Waals surface area contributed by atoms with Crippen molar-refractivity contribution in [3.63, 3.8) is 0 Å². The second-order valence-corrected chi connectivity index (χ2v) is 4.41.